The summed E-state index contributed by atoms with van der Waals surface area (Å²) in [5.41, 5.74) is 1.73. The smallest absolute Gasteiger partial charge is 0.0940 e. The molecule has 108 valence electrons. The van der Waals surface area contributed by atoms with E-state index in [0.29, 0.717) is 6.42 Å². The summed E-state index contributed by atoms with van der Waals surface area (Å²) in [6.45, 7) is 2.08. The Morgan fingerprint density at radius 1 is 1.47 bits per heavy atom. The molecule has 1 aromatic rings. The fourth-order valence-corrected chi connectivity index (χ4v) is 3.84. The van der Waals surface area contributed by atoms with E-state index in [1.54, 1.807) is 7.11 Å². The highest BCUT2D eigenvalue weighted by Gasteiger charge is 2.41. The first-order valence-corrected chi connectivity index (χ1v) is 7.77. The SMILES string of the molecule is CCc1nn(C)c(CC(O)C2(OC)CCCC2)c1Br. The van der Waals surface area contributed by atoms with Crippen molar-refractivity contribution in [3.8, 4) is 0 Å². The predicted molar refractivity (Wildman–Crippen MR) is 78.2 cm³/mol. The number of methoxy groups -OCH3 is 1. The van der Waals surface area contributed by atoms with Gasteiger partial charge in [-0.05, 0) is 35.2 Å². The summed E-state index contributed by atoms with van der Waals surface area (Å²) in [5, 5.41) is 15.1. The number of aliphatic hydroxyl groups excluding tert-OH is 1. The van der Waals surface area contributed by atoms with E-state index in [4.69, 9.17) is 4.74 Å². The fourth-order valence-electron chi connectivity index (χ4n) is 3.06. The Hall–Kier alpha value is -0.390. The molecule has 1 aliphatic rings. The third kappa shape index (κ3) is 2.73. The Balaban J connectivity index is 2.18. The van der Waals surface area contributed by atoms with Gasteiger partial charge in [0, 0.05) is 20.6 Å². The van der Waals surface area contributed by atoms with E-state index in [1.807, 2.05) is 11.7 Å². The Morgan fingerprint density at radius 3 is 2.58 bits per heavy atom. The van der Waals surface area contributed by atoms with Crippen LogP contribution in [-0.4, -0.2) is 33.7 Å². The normalized spacial score (nSPS) is 19.8. The molecule has 1 fully saturated rings. The van der Waals surface area contributed by atoms with Crippen LogP contribution in [0.15, 0.2) is 4.47 Å². The van der Waals surface area contributed by atoms with Crippen LogP contribution in [-0.2, 0) is 24.6 Å². The van der Waals surface area contributed by atoms with Crippen LogP contribution in [0.25, 0.3) is 0 Å². The first kappa shape index (κ1) is 15.0. The molecule has 19 heavy (non-hydrogen) atoms. The van der Waals surface area contributed by atoms with Crippen LogP contribution < -0.4 is 0 Å². The zero-order chi connectivity index (χ0) is 14.0. The number of rotatable bonds is 5. The third-order valence-corrected chi connectivity index (χ3v) is 5.27. The monoisotopic (exact) mass is 330 g/mol. The summed E-state index contributed by atoms with van der Waals surface area (Å²) in [5.74, 6) is 0. The molecule has 1 N–H and O–H groups in total. The molecule has 0 saturated heterocycles. The molecule has 1 heterocycles. The lowest BCUT2D eigenvalue weighted by molar-refractivity contribution is -0.0976. The van der Waals surface area contributed by atoms with E-state index in [1.165, 1.54) is 0 Å². The number of aryl methyl sites for hydroxylation is 2. The number of halogens is 1. The zero-order valence-corrected chi connectivity index (χ0v) is 13.5. The fraction of sp³-hybridized carbons (Fsp3) is 0.786. The van der Waals surface area contributed by atoms with E-state index in [9.17, 15) is 5.11 Å². The quantitative estimate of drug-likeness (QED) is 0.902. The minimum absolute atomic E-state index is 0.365. The highest BCUT2D eigenvalue weighted by molar-refractivity contribution is 9.10. The standard InChI is InChI=1S/C14H23BrN2O2/c1-4-10-13(15)11(17(2)16-10)9-12(18)14(19-3)7-5-6-8-14/h12,18H,4-9H2,1-3H3. The molecule has 0 amide bonds. The molecule has 1 aromatic heterocycles. The van der Waals surface area contributed by atoms with Gasteiger partial charge >= 0.3 is 0 Å². The van der Waals surface area contributed by atoms with Crippen molar-refractivity contribution in [2.24, 2.45) is 7.05 Å². The molecule has 0 radical (unpaired) electrons. The molecular formula is C14H23BrN2O2. The van der Waals surface area contributed by atoms with Crippen molar-refractivity contribution in [2.75, 3.05) is 7.11 Å². The van der Waals surface area contributed by atoms with Crippen LogP contribution in [0, 0.1) is 0 Å². The Bertz CT molecular complexity index is 439. The number of hydrogen-bond acceptors (Lipinski definition) is 3. The van der Waals surface area contributed by atoms with E-state index in [-0.39, 0.29) is 5.60 Å². The number of aromatic nitrogens is 2. The summed E-state index contributed by atoms with van der Waals surface area (Å²) < 4.78 is 8.54. The highest BCUT2D eigenvalue weighted by Crippen LogP contribution is 2.37. The van der Waals surface area contributed by atoms with Gasteiger partial charge in [0.2, 0.25) is 0 Å². The van der Waals surface area contributed by atoms with Gasteiger partial charge in [-0.1, -0.05) is 19.8 Å². The van der Waals surface area contributed by atoms with Crippen molar-refractivity contribution >= 4 is 15.9 Å². The Labute approximate surface area is 123 Å². The van der Waals surface area contributed by atoms with Crippen LogP contribution in [0.3, 0.4) is 0 Å². The number of ether oxygens (including phenoxy) is 1. The summed E-state index contributed by atoms with van der Waals surface area (Å²) in [4.78, 5) is 0. The maximum absolute atomic E-state index is 10.6. The lowest BCUT2D eigenvalue weighted by Crippen LogP contribution is -2.43. The topological polar surface area (TPSA) is 47.3 Å². The van der Waals surface area contributed by atoms with Crippen molar-refractivity contribution in [2.45, 2.75) is 57.2 Å². The Morgan fingerprint density at radius 2 is 2.11 bits per heavy atom. The molecule has 2 rings (SSSR count). The van der Waals surface area contributed by atoms with Crippen LogP contribution in [0.2, 0.25) is 0 Å². The van der Waals surface area contributed by atoms with Crippen LogP contribution in [0.4, 0.5) is 0 Å². The third-order valence-electron chi connectivity index (χ3n) is 4.35. The van der Waals surface area contributed by atoms with Crippen molar-refractivity contribution in [1.29, 1.82) is 0 Å². The molecule has 1 atom stereocenters. The van der Waals surface area contributed by atoms with Gasteiger partial charge in [-0.25, -0.2) is 0 Å². The molecule has 1 aliphatic carbocycles. The van der Waals surface area contributed by atoms with Gasteiger partial charge in [0.25, 0.3) is 0 Å². The largest absolute Gasteiger partial charge is 0.390 e. The maximum atomic E-state index is 10.6. The molecule has 1 saturated carbocycles. The number of nitrogens with zero attached hydrogens (tertiary/aromatic N) is 2. The maximum Gasteiger partial charge on any atom is 0.0940 e. The van der Waals surface area contributed by atoms with Crippen LogP contribution in [0.5, 0.6) is 0 Å². The average Bonchev–Trinajstić information content (AvgIpc) is 2.99. The average molecular weight is 331 g/mol. The van der Waals surface area contributed by atoms with E-state index in [2.05, 4.69) is 28.0 Å². The minimum atomic E-state index is -0.476. The lowest BCUT2D eigenvalue weighted by Gasteiger charge is -2.33. The zero-order valence-electron chi connectivity index (χ0n) is 11.9. The molecule has 0 bridgehead atoms. The summed E-state index contributed by atoms with van der Waals surface area (Å²) in [6.07, 6.45) is 5.16. The van der Waals surface area contributed by atoms with Crippen molar-refractivity contribution in [1.82, 2.24) is 9.78 Å². The summed E-state index contributed by atoms with van der Waals surface area (Å²) in [6, 6.07) is 0. The van der Waals surface area contributed by atoms with Gasteiger partial charge in [-0.3, -0.25) is 4.68 Å². The van der Waals surface area contributed by atoms with Gasteiger partial charge in [0.1, 0.15) is 0 Å². The highest BCUT2D eigenvalue weighted by atomic mass is 79.9. The Kier molecular flexibility index (Phi) is 4.69. The van der Waals surface area contributed by atoms with Gasteiger partial charge in [0.05, 0.1) is 27.6 Å². The first-order valence-electron chi connectivity index (χ1n) is 6.97. The number of aliphatic hydroxyl groups is 1. The summed E-state index contributed by atoms with van der Waals surface area (Å²) >= 11 is 3.60. The molecular weight excluding hydrogens is 308 g/mol. The lowest BCUT2D eigenvalue weighted by atomic mass is 9.91. The van der Waals surface area contributed by atoms with E-state index >= 15 is 0 Å². The molecule has 0 aromatic carbocycles. The predicted octanol–water partition coefficient (Wildman–Crippen LogP) is 2.61. The van der Waals surface area contributed by atoms with E-state index in [0.717, 1.165) is 48.0 Å². The second-order valence-corrected chi connectivity index (χ2v) is 6.17. The van der Waals surface area contributed by atoms with Crippen molar-refractivity contribution in [3.05, 3.63) is 15.9 Å². The van der Waals surface area contributed by atoms with Gasteiger partial charge in [-0.15, -0.1) is 0 Å². The van der Waals surface area contributed by atoms with Crippen LogP contribution in [0.1, 0.15) is 44.0 Å². The first-order chi connectivity index (χ1) is 9.04. The molecule has 4 nitrogen and oxygen atoms in total. The molecule has 5 heteroatoms. The van der Waals surface area contributed by atoms with Gasteiger partial charge in [-0.2, -0.15) is 5.10 Å². The molecule has 0 aliphatic heterocycles. The van der Waals surface area contributed by atoms with E-state index < -0.39 is 6.10 Å². The second-order valence-electron chi connectivity index (χ2n) is 5.38. The van der Waals surface area contributed by atoms with Crippen molar-refractivity contribution in [3.63, 3.8) is 0 Å². The molecule has 0 spiro atoms. The summed E-state index contributed by atoms with van der Waals surface area (Å²) in [7, 11) is 3.64. The minimum Gasteiger partial charge on any atom is -0.390 e. The van der Waals surface area contributed by atoms with Crippen LogP contribution >= 0.6 is 15.9 Å². The number of hydrogen-bond donors (Lipinski definition) is 1. The van der Waals surface area contributed by atoms with Gasteiger partial charge < -0.3 is 9.84 Å². The van der Waals surface area contributed by atoms with Gasteiger partial charge in [0.15, 0.2) is 0 Å². The van der Waals surface area contributed by atoms with Crippen molar-refractivity contribution < 1.29 is 9.84 Å². The second kappa shape index (κ2) is 5.94. The molecule has 1 unspecified atom stereocenters.